The first-order valence-electron chi connectivity index (χ1n) is 7.72. The quantitative estimate of drug-likeness (QED) is 0.776. The first-order chi connectivity index (χ1) is 11.0. The summed E-state index contributed by atoms with van der Waals surface area (Å²) >= 11 is 0. The Kier molecular flexibility index (Phi) is 4.10. The van der Waals surface area contributed by atoms with Gasteiger partial charge in [-0.25, -0.2) is 4.98 Å². The number of nitrogens with zero attached hydrogens (tertiary/aromatic N) is 2. The molecule has 0 saturated carbocycles. The molecule has 2 aromatic heterocycles. The molecule has 0 spiro atoms. The van der Waals surface area contributed by atoms with E-state index in [1.54, 1.807) is 24.5 Å². The predicted molar refractivity (Wildman–Crippen MR) is 90.1 cm³/mol. The monoisotopic (exact) mass is 308 g/mol. The van der Waals surface area contributed by atoms with Crippen molar-refractivity contribution in [3.05, 3.63) is 59.7 Å². The molecule has 0 aliphatic rings. The molecular formula is C18H20N4O. The Labute approximate surface area is 135 Å². The molecule has 0 bridgehead atoms. The van der Waals surface area contributed by atoms with Crippen molar-refractivity contribution in [2.45, 2.75) is 26.8 Å². The van der Waals surface area contributed by atoms with Crippen molar-refractivity contribution in [3.8, 4) is 0 Å². The Morgan fingerprint density at radius 1 is 1.17 bits per heavy atom. The molecule has 1 amide bonds. The number of carbonyl (C=O) groups excluding carboxylic acids is 1. The lowest BCUT2D eigenvalue weighted by Gasteiger charge is -2.20. The van der Waals surface area contributed by atoms with Crippen LogP contribution >= 0.6 is 0 Å². The number of hydrogen-bond donors (Lipinski definition) is 2. The summed E-state index contributed by atoms with van der Waals surface area (Å²) in [5.41, 5.74) is 3.67. The first kappa shape index (κ1) is 15.2. The fourth-order valence-electron chi connectivity index (χ4n) is 2.57. The zero-order chi connectivity index (χ0) is 16.4. The van der Waals surface area contributed by atoms with E-state index in [9.17, 15) is 4.79 Å². The number of hydrogen-bond acceptors (Lipinski definition) is 3. The standard InChI is InChI=1S/C18H20N4O/c1-11(2)16(22-18(23)13-6-8-19-9-7-13)17-20-14-5-4-12(3)10-15(14)21-17/h4-11,16H,1-3H3,(H,20,21)(H,22,23)/t16-/m1/s1. The van der Waals surface area contributed by atoms with Crippen LogP contribution in [0.1, 0.15) is 41.6 Å². The van der Waals surface area contributed by atoms with Gasteiger partial charge in [-0.3, -0.25) is 9.78 Å². The number of aromatic nitrogens is 3. The number of H-pyrrole nitrogens is 1. The van der Waals surface area contributed by atoms with Crippen molar-refractivity contribution in [1.82, 2.24) is 20.3 Å². The number of aromatic amines is 1. The van der Waals surface area contributed by atoms with Gasteiger partial charge in [0.1, 0.15) is 5.82 Å². The van der Waals surface area contributed by atoms with Gasteiger partial charge in [0.25, 0.3) is 5.91 Å². The molecule has 0 unspecified atom stereocenters. The van der Waals surface area contributed by atoms with Crippen LogP contribution < -0.4 is 5.32 Å². The zero-order valence-electron chi connectivity index (χ0n) is 13.5. The molecule has 0 aliphatic carbocycles. The highest BCUT2D eigenvalue weighted by atomic mass is 16.1. The molecule has 5 nitrogen and oxygen atoms in total. The molecule has 1 atom stereocenters. The normalized spacial score (nSPS) is 12.5. The number of amides is 1. The molecule has 3 rings (SSSR count). The summed E-state index contributed by atoms with van der Waals surface area (Å²) in [7, 11) is 0. The lowest BCUT2D eigenvalue weighted by molar-refractivity contribution is 0.0923. The maximum Gasteiger partial charge on any atom is 0.251 e. The number of imidazole rings is 1. The van der Waals surface area contributed by atoms with Gasteiger partial charge in [0.15, 0.2) is 0 Å². The van der Waals surface area contributed by atoms with Gasteiger partial charge in [-0.15, -0.1) is 0 Å². The van der Waals surface area contributed by atoms with E-state index in [0.717, 1.165) is 16.9 Å². The maximum atomic E-state index is 12.4. The van der Waals surface area contributed by atoms with Crippen molar-refractivity contribution < 1.29 is 4.79 Å². The van der Waals surface area contributed by atoms with Gasteiger partial charge in [-0.05, 0) is 42.7 Å². The molecule has 118 valence electrons. The number of nitrogens with one attached hydrogen (secondary N) is 2. The summed E-state index contributed by atoms with van der Waals surface area (Å²) in [4.78, 5) is 24.3. The number of fused-ring (bicyclic) bond motifs is 1. The molecule has 0 aliphatic heterocycles. The van der Waals surface area contributed by atoms with Crippen molar-refractivity contribution >= 4 is 16.9 Å². The average Bonchev–Trinajstić information content (AvgIpc) is 2.95. The molecule has 1 aromatic carbocycles. The second kappa shape index (κ2) is 6.20. The van der Waals surface area contributed by atoms with Crippen LogP contribution in [-0.2, 0) is 0 Å². The lowest BCUT2D eigenvalue weighted by atomic mass is 10.0. The highest BCUT2D eigenvalue weighted by molar-refractivity contribution is 5.94. The highest BCUT2D eigenvalue weighted by Crippen LogP contribution is 2.23. The number of rotatable bonds is 4. The number of pyridine rings is 1. The highest BCUT2D eigenvalue weighted by Gasteiger charge is 2.22. The number of benzene rings is 1. The van der Waals surface area contributed by atoms with Gasteiger partial charge in [-0.1, -0.05) is 19.9 Å². The molecular weight excluding hydrogens is 288 g/mol. The van der Waals surface area contributed by atoms with Gasteiger partial charge < -0.3 is 10.3 Å². The van der Waals surface area contributed by atoms with E-state index in [4.69, 9.17) is 0 Å². The third-order valence-corrected chi connectivity index (χ3v) is 3.85. The van der Waals surface area contributed by atoms with Crippen LogP contribution in [0.25, 0.3) is 11.0 Å². The molecule has 0 fully saturated rings. The minimum Gasteiger partial charge on any atom is -0.342 e. The SMILES string of the molecule is Cc1ccc2nc([C@H](NC(=O)c3ccncc3)C(C)C)[nH]c2c1. The molecule has 0 radical (unpaired) electrons. The maximum absolute atomic E-state index is 12.4. The van der Waals surface area contributed by atoms with E-state index in [-0.39, 0.29) is 17.9 Å². The van der Waals surface area contributed by atoms with E-state index < -0.39 is 0 Å². The summed E-state index contributed by atoms with van der Waals surface area (Å²) in [5.74, 6) is 0.869. The Bertz CT molecular complexity index is 823. The Morgan fingerprint density at radius 3 is 2.61 bits per heavy atom. The van der Waals surface area contributed by atoms with Crippen LogP contribution in [0.5, 0.6) is 0 Å². The van der Waals surface area contributed by atoms with Gasteiger partial charge in [0.2, 0.25) is 0 Å². The second-order valence-corrected chi connectivity index (χ2v) is 6.07. The van der Waals surface area contributed by atoms with Gasteiger partial charge in [0.05, 0.1) is 17.1 Å². The average molecular weight is 308 g/mol. The van der Waals surface area contributed by atoms with E-state index in [0.29, 0.717) is 5.56 Å². The zero-order valence-corrected chi connectivity index (χ0v) is 13.5. The molecule has 2 N–H and O–H groups in total. The van der Waals surface area contributed by atoms with Crippen LogP contribution in [-0.4, -0.2) is 20.9 Å². The van der Waals surface area contributed by atoms with Crippen molar-refractivity contribution in [1.29, 1.82) is 0 Å². The van der Waals surface area contributed by atoms with Crippen molar-refractivity contribution in [2.24, 2.45) is 5.92 Å². The predicted octanol–water partition coefficient (Wildman–Crippen LogP) is 3.39. The van der Waals surface area contributed by atoms with E-state index in [1.807, 2.05) is 19.1 Å². The smallest absolute Gasteiger partial charge is 0.251 e. The minimum atomic E-state index is -0.177. The fourth-order valence-corrected chi connectivity index (χ4v) is 2.57. The third-order valence-electron chi connectivity index (χ3n) is 3.85. The Hall–Kier alpha value is -2.69. The van der Waals surface area contributed by atoms with Crippen LogP contribution in [0, 0.1) is 12.8 Å². The summed E-state index contributed by atoms with van der Waals surface area (Å²) in [6.07, 6.45) is 3.23. The van der Waals surface area contributed by atoms with Crippen molar-refractivity contribution in [3.63, 3.8) is 0 Å². The van der Waals surface area contributed by atoms with Crippen LogP contribution in [0.3, 0.4) is 0 Å². The molecule has 2 heterocycles. The summed E-state index contributed by atoms with van der Waals surface area (Å²) in [5, 5.41) is 3.06. The largest absolute Gasteiger partial charge is 0.342 e. The topological polar surface area (TPSA) is 70.7 Å². The van der Waals surface area contributed by atoms with Gasteiger partial charge in [0, 0.05) is 18.0 Å². The molecule has 5 heteroatoms. The lowest BCUT2D eigenvalue weighted by Crippen LogP contribution is -2.32. The fraction of sp³-hybridized carbons (Fsp3) is 0.278. The van der Waals surface area contributed by atoms with Crippen LogP contribution in [0.15, 0.2) is 42.7 Å². The third kappa shape index (κ3) is 3.23. The van der Waals surface area contributed by atoms with E-state index in [2.05, 4.69) is 40.2 Å². The summed E-state index contributed by atoms with van der Waals surface area (Å²) in [6, 6.07) is 9.32. The summed E-state index contributed by atoms with van der Waals surface area (Å²) in [6.45, 7) is 6.18. The molecule has 3 aromatic rings. The Morgan fingerprint density at radius 2 is 1.91 bits per heavy atom. The molecule has 0 saturated heterocycles. The van der Waals surface area contributed by atoms with Crippen molar-refractivity contribution in [2.75, 3.05) is 0 Å². The molecule has 23 heavy (non-hydrogen) atoms. The summed E-state index contributed by atoms with van der Waals surface area (Å²) < 4.78 is 0. The first-order valence-corrected chi connectivity index (χ1v) is 7.72. The number of aryl methyl sites for hydroxylation is 1. The van der Waals surface area contributed by atoms with Gasteiger partial charge in [-0.2, -0.15) is 0 Å². The van der Waals surface area contributed by atoms with Crippen LogP contribution in [0.4, 0.5) is 0 Å². The van der Waals surface area contributed by atoms with E-state index in [1.165, 1.54) is 5.56 Å². The van der Waals surface area contributed by atoms with E-state index >= 15 is 0 Å². The Balaban J connectivity index is 1.90. The second-order valence-electron chi connectivity index (χ2n) is 6.07. The van der Waals surface area contributed by atoms with Gasteiger partial charge >= 0.3 is 0 Å². The number of carbonyl (C=O) groups is 1. The van der Waals surface area contributed by atoms with Crippen LogP contribution in [0.2, 0.25) is 0 Å². The minimum absolute atomic E-state index is 0.122.